The number of nitrogens with two attached hydrogens (primary N) is 1. The van der Waals surface area contributed by atoms with Crippen molar-refractivity contribution in [3.8, 4) is 0 Å². The van der Waals surface area contributed by atoms with E-state index in [4.69, 9.17) is 31.5 Å². The second-order valence-corrected chi connectivity index (χ2v) is 4.26. The van der Waals surface area contributed by atoms with Crippen molar-refractivity contribution in [1.82, 2.24) is 0 Å². The van der Waals surface area contributed by atoms with Crippen LogP contribution in [0.2, 0.25) is 5.02 Å². The molecule has 0 fully saturated rings. The Kier molecular flexibility index (Phi) is 7.25. The summed E-state index contributed by atoms with van der Waals surface area (Å²) in [7, 11) is 1.61. The smallest absolute Gasteiger partial charge is 0.340 e. The highest BCUT2D eigenvalue weighted by atomic mass is 35.5. The SMILES string of the molecule is COCCOCCCOC(=O)c1cc(Cl)ccc1N. The second kappa shape index (κ2) is 8.74. The van der Waals surface area contributed by atoms with Crippen molar-refractivity contribution >= 4 is 23.3 Å². The van der Waals surface area contributed by atoms with Crippen LogP contribution in [-0.2, 0) is 14.2 Å². The number of anilines is 1. The maximum atomic E-state index is 11.7. The van der Waals surface area contributed by atoms with Gasteiger partial charge in [-0.15, -0.1) is 0 Å². The number of nitrogen functional groups attached to an aromatic ring is 1. The first-order chi connectivity index (χ1) is 9.15. The third-order valence-corrected chi connectivity index (χ3v) is 2.57. The van der Waals surface area contributed by atoms with Crippen molar-refractivity contribution in [2.45, 2.75) is 6.42 Å². The largest absolute Gasteiger partial charge is 0.462 e. The normalized spacial score (nSPS) is 10.4. The number of benzene rings is 1. The van der Waals surface area contributed by atoms with E-state index >= 15 is 0 Å². The van der Waals surface area contributed by atoms with E-state index in [0.29, 0.717) is 37.0 Å². The summed E-state index contributed by atoms with van der Waals surface area (Å²) in [5.74, 6) is -0.475. The quantitative estimate of drug-likeness (QED) is 0.450. The van der Waals surface area contributed by atoms with Gasteiger partial charge in [-0.3, -0.25) is 0 Å². The Bertz CT molecular complexity index is 412. The van der Waals surface area contributed by atoms with E-state index in [-0.39, 0.29) is 12.2 Å². The molecule has 0 amide bonds. The van der Waals surface area contributed by atoms with Gasteiger partial charge in [0.1, 0.15) is 0 Å². The van der Waals surface area contributed by atoms with Crippen LogP contribution in [0.1, 0.15) is 16.8 Å². The summed E-state index contributed by atoms with van der Waals surface area (Å²) in [4.78, 5) is 11.7. The highest BCUT2D eigenvalue weighted by Gasteiger charge is 2.11. The Balaban J connectivity index is 2.26. The number of ether oxygens (including phenoxy) is 3. The third-order valence-electron chi connectivity index (χ3n) is 2.33. The number of rotatable bonds is 8. The van der Waals surface area contributed by atoms with E-state index in [1.807, 2.05) is 0 Å². The molecule has 19 heavy (non-hydrogen) atoms. The average molecular weight is 288 g/mol. The van der Waals surface area contributed by atoms with Gasteiger partial charge in [0.05, 0.1) is 25.4 Å². The number of halogens is 1. The first kappa shape index (κ1) is 15.8. The molecule has 6 heteroatoms. The molecule has 0 unspecified atom stereocenters. The van der Waals surface area contributed by atoms with Crippen LogP contribution in [0.3, 0.4) is 0 Å². The molecule has 1 aromatic carbocycles. The highest BCUT2D eigenvalue weighted by Crippen LogP contribution is 2.18. The van der Waals surface area contributed by atoms with Gasteiger partial charge in [-0.05, 0) is 18.2 Å². The highest BCUT2D eigenvalue weighted by molar-refractivity contribution is 6.31. The number of carbonyl (C=O) groups is 1. The van der Waals surface area contributed by atoms with Crippen LogP contribution in [-0.4, -0.2) is 39.5 Å². The van der Waals surface area contributed by atoms with Gasteiger partial charge in [0, 0.05) is 30.8 Å². The first-order valence-electron chi connectivity index (χ1n) is 5.94. The van der Waals surface area contributed by atoms with Crippen molar-refractivity contribution in [1.29, 1.82) is 0 Å². The lowest BCUT2D eigenvalue weighted by atomic mass is 10.2. The van der Waals surface area contributed by atoms with Gasteiger partial charge in [-0.2, -0.15) is 0 Å². The number of hydrogen-bond acceptors (Lipinski definition) is 5. The fourth-order valence-electron chi connectivity index (χ4n) is 1.35. The van der Waals surface area contributed by atoms with Gasteiger partial charge in [0.2, 0.25) is 0 Å². The minimum absolute atomic E-state index is 0.276. The Labute approximate surface area is 117 Å². The number of carbonyl (C=O) groups excluding carboxylic acids is 1. The minimum Gasteiger partial charge on any atom is -0.462 e. The zero-order valence-electron chi connectivity index (χ0n) is 10.9. The second-order valence-electron chi connectivity index (χ2n) is 3.83. The van der Waals surface area contributed by atoms with Crippen LogP contribution in [0.5, 0.6) is 0 Å². The molecule has 0 aliphatic rings. The van der Waals surface area contributed by atoms with Crippen LogP contribution in [0, 0.1) is 0 Å². The fourth-order valence-corrected chi connectivity index (χ4v) is 1.53. The summed E-state index contributed by atoms with van der Waals surface area (Å²) in [6.45, 7) is 1.88. The summed E-state index contributed by atoms with van der Waals surface area (Å²) in [5.41, 5.74) is 6.32. The van der Waals surface area contributed by atoms with E-state index in [1.54, 1.807) is 19.2 Å². The molecule has 0 saturated heterocycles. The predicted octanol–water partition coefficient (Wildman–Crippen LogP) is 2.13. The summed E-state index contributed by atoms with van der Waals surface area (Å²) in [6, 6.07) is 4.69. The number of esters is 1. The van der Waals surface area contributed by atoms with Crippen molar-refractivity contribution in [2.24, 2.45) is 0 Å². The molecule has 0 spiro atoms. The van der Waals surface area contributed by atoms with Crippen LogP contribution in [0.15, 0.2) is 18.2 Å². The third kappa shape index (κ3) is 5.92. The zero-order valence-corrected chi connectivity index (χ0v) is 11.6. The maximum absolute atomic E-state index is 11.7. The monoisotopic (exact) mass is 287 g/mol. The topological polar surface area (TPSA) is 70.8 Å². The van der Waals surface area contributed by atoms with E-state index < -0.39 is 5.97 Å². The Morgan fingerprint density at radius 2 is 2.05 bits per heavy atom. The van der Waals surface area contributed by atoms with Gasteiger partial charge in [-0.25, -0.2) is 4.79 Å². The molecule has 106 valence electrons. The Morgan fingerprint density at radius 1 is 1.26 bits per heavy atom. The molecule has 0 bridgehead atoms. The lowest BCUT2D eigenvalue weighted by molar-refractivity contribution is 0.0386. The van der Waals surface area contributed by atoms with Crippen molar-refractivity contribution in [2.75, 3.05) is 39.3 Å². The van der Waals surface area contributed by atoms with E-state index in [0.717, 1.165) is 0 Å². The molecular weight excluding hydrogens is 270 g/mol. The molecule has 0 aliphatic heterocycles. The Hall–Kier alpha value is -1.30. The molecule has 5 nitrogen and oxygen atoms in total. The molecule has 2 N–H and O–H groups in total. The summed E-state index contributed by atoms with van der Waals surface area (Å²) in [6.07, 6.45) is 0.621. The van der Waals surface area contributed by atoms with E-state index in [1.165, 1.54) is 6.07 Å². The Morgan fingerprint density at radius 3 is 2.79 bits per heavy atom. The van der Waals surface area contributed by atoms with Crippen LogP contribution in [0.4, 0.5) is 5.69 Å². The lowest BCUT2D eigenvalue weighted by Crippen LogP contribution is -2.11. The van der Waals surface area contributed by atoms with Gasteiger partial charge in [0.15, 0.2) is 0 Å². The summed E-state index contributed by atoms with van der Waals surface area (Å²) < 4.78 is 15.2. The average Bonchev–Trinajstić information content (AvgIpc) is 2.40. The van der Waals surface area contributed by atoms with Gasteiger partial charge in [0.25, 0.3) is 0 Å². The van der Waals surface area contributed by atoms with Crippen molar-refractivity contribution < 1.29 is 19.0 Å². The summed E-state index contributed by atoms with van der Waals surface area (Å²) >= 11 is 5.80. The molecule has 0 heterocycles. The van der Waals surface area contributed by atoms with Crippen LogP contribution in [0.25, 0.3) is 0 Å². The number of methoxy groups -OCH3 is 1. The molecule has 0 aromatic heterocycles. The zero-order chi connectivity index (χ0) is 14.1. The standard InChI is InChI=1S/C13H18ClNO4/c1-17-7-8-18-5-2-6-19-13(16)11-9-10(14)3-4-12(11)15/h3-4,9H,2,5-8,15H2,1H3. The van der Waals surface area contributed by atoms with Gasteiger partial charge >= 0.3 is 5.97 Å². The molecule has 0 atom stereocenters. The van der Waals surface area contributed by atoms with Crippen molar-refractivity contribution in [3.05, 3.63) is 28.8 Å². The van der Waals surface area contributed by atoms with E-state index in [2.05, 4.69) is 0 Å². The lowest BCUT2D eigenvalue weighted by Gasteiger charge is -2.07. The molecule has 0 saturated carbocycles. The van der Waals surface area contributed by atoms with Crippen molar-refractivity contribution in [3.63, 3.8) is 0 Å². The number of hydrogen-bond donors (Lipinski definition) is 1. The molecular formula is C13H18ClNO4. The fraction of sp³-hybridized carbons (Fsp3) is 0.462. The predicted molar refractivity (Wildman–Crippen MR) is 73.5 cm³/mol. The molecule has 0 aliphatic carbocycles. The molecule has 1 rings (SSSR count). The van der Waals surface area contributed by atoms with Gasteiger partial charge < -0.3 is 19.9 Å². The minimum atomic E-state index is -0.475. The first-order valence-corrected chi connectivity index (χ1v) is 6.31. The van der Waals surface area contributed by atoms with Crippen LogP contribution >= 0.6 is 11.6 Å². The summed E-state index contributed by atoms with van der Waals surface area (Å²) in [5, 5.41) is 0.448. The van der Waals surface area contributed by atoms with Gasteiger partial charge in [-0.1, -0.05) is 11.6 Å². The van der Waals surface area contributed by atoms with E-state index in [9.17, 15) is 4.79 Å². The maximum Gasteiger partial charge on any atom is 0.340 e. The van der Waals surface area contributed by atoms with Crippen LogP contribution < -0.4 is 5.73 Å². The molecule has 0 radical (unpaired) electrons. The molecule has 1 aromatic rings.